The van der Waals surface area contributed by atoms with Crippen LogP contribution in [-0.2, 0) is 32.7 Å². The van der Waals surface area contributed by atoms with Crippen molar-refractivity contribution in [2.45, 2.75) is 129 Å². The molecule has 0 bridgehead atoms. The van der Waals surface area contributed by atoms with Crippen molar-refractivity contribution in [3.63, 3.8) is 0 Å². The first-order valence-electron chi connectivity index (χ1n) is 14.7. The first-order valence-corrected chi connectivity index (χ1v) is 18.7. The first kappa shape index (κ1) is 44.9. The molecule has 0 nitrogen and oxygen atoms in total. The summed E-state index contributed by atoms with van der Waals surface area (Å²) in [6.07, 6.45) is 0. The topological polar surface area (TPSA) is 0 Å². The Morgan fingerprint density at radius 3 is 0.548 bits per heavy atom. The van der Waals surface area contributed by atoms with Crippen molar-refractivity contribution in [3.05, 3.63) is 91.0 Å². The summed E-state index contributed by atoms with van der Waals surface area (Å²) in [5.41, 5.74) is 0. The Kier molecular flexibility index (Phi) is 25.6. The first-order chi connectivity index (χ1) is 18.4. The van der Waals surface area contributed by atoms with Crippen molar-refractivity contribution >= 4 is 32.7 Å². The lowest BCUT2D eigenvalue weighted by molar-refractivity contribution is -0.00100. The lowest BCUT2D eigenvalue weighted by Crippen LogP contribution is -3.00. The zero-order chi connectivity index (χ0) is 29.5. The van der Waals surface area contributed by atoms with Gasteiger partial charge in [0.2, 0.25) is 0 Å². The van der Waals surface area contributed by atoms with Crippen LogP contribution in [0.4, 0.5) is 0 Å². The van der Waals surface area contributed by atoms with Gasteiger partial charge in [-0.15, -0.1) is 0 Å². The molecule has 0 radical (unpaired) electrons. The fraction of sp³-hybridized carbons (Fsp3) is 0.500. The molecule has 0 unspecified atom stereocenters. The quantitative estimate of drug-likeness (QED) is 0.310. The number of halogens is 3. The predicted molar refractivity (Wildman–Crippen MR) is 187 cm³/mol. The molecule has 3 aromatic carbocycles. The van der Waals surface area contributed by atoms with E-state index in [1.807, 2.05) is 0 Å². The smallest absolute Gasteiger partial charge is 0.155 e. The molecule has 3 rings (SSSR count). The predicted octanol–water partition coefficient (Wildman–Crippen LogP) is 1.45. The fourth-order valence-electron chi connectivity index (χ4n) is 5.00. The summed E-state index contributed by atoms with van der Waals surface area (Å²) >= 11 is 0. The average molecular weight is 643 g/mol. The van der Waals surface area contributed by atoms with Crippen LogP contribution in [0.2, 0.25) is 0 Å². The minimum Gasteiger partial charge on any atom is -1.00 e. The maximum Gasteiger partial charge on any atom is 0.155 e. The standard InChI is InChI=1S/3C12H19S.3FH/c3*1-10(2)13(11(3)4)12-8-6-5-7-9-12;;;/h3*5-11H,1-4H3;3*1H/q3*+1;;;/p-3. The molecule has 0 aromatic heterocycles. The zero-order valence-corrected chi connectivity index (χ0v) is 30.4. The van der Waals surface area contributed by atoms with Gasteiger partial charge < -0.3 is 14.1 Å². The van der Waals surface area contributed by atoms with Gasteiger partial charge in [-0.2, -0.15) is 0 Å². The molecule has 0 saturated heterocycles. The number of hydrogen-bond acceptors (Lipinski definition) is 0. The Balaban J connectivity index is -0.000000524. The fourth-order valence-corrected chi connectivity index (χ4v) is 12.9. The van der Waals surface area contributed by atoms with Crippen molar-refractivity contribution in [1.82, 2.24) is 0 Å². The van der Waals surface area contributed by atoms with Crippen LogP contribution in [0, 0.1) is 0 Å². The Labute approximate surface area is 266 Å². The molecule has 6 heteroatoms. The molecule has 0 aliphatic carbocycles. The maximum absolute atomic E-state index is 2.32. The number of benzene rings is 3. The van der Waals surface area contributed by atoms with Crippen LogP contribution < -0.4 is 14.1 Å². The third-order valence-corrected chi connectivity index (χ3v) is 14.6. The highest BCUT2D eigenvalue weighted by molar-refractivity contribution is 7.98. The van der Waals surface area contributed by atoms with E-state index in [4.69, 9.17) is 0 Å². The van der Waals surface area contributed by atoms with Gasteiger partial charge in [-0.1, -0.05) is 54.6 Å². The van der Waals surface area contributed by atoms with Gasteiger partial charge in [0, 0.05) is 32.7 Å². The van der Waals surface area contributed by atoms with Gasteiger partial charge in [-0.25, -0.2) is 0 Å². The van der Waals surface area contributed by atoms with Crippen molar-refractivity contribution < 1.29 is 14.1 Å². The summed E-state index contributed by atoms with van der Waals surface area (Å²) in [6, 6.07) is 32.6. The summed E-state index contributed by atoms with van der Waals surface area (Å²) in [5.74, 6) is 0. The normalized spacial score (nSPS) is 10.8. The molecule has 3 aromatic rings. The number of rotatable bonds is 9. The molecule has 0 atom stereocenters. The zero-order valence-electron chi connectivity index (χ0n) is 28.0. The lowest BCUT2D eigenvalue weighted by atomic mass is 10.4. The minimum atomic E-state index is 0. The van der Waals surface area contributed by atoms with Gasteiger partial charge in [0.1, 0.15) is 31.5 Å². The summed E-state index contributed by atoms with van der Waals surface area (Å²) < 4.78 is 0. The molecule has 0 spiro atoms. The van der Waals surface area contributed by atoms with Crippen molar-refractivity contribution in [1.29, 1.82) is 0 Å². The van der Waals surface area contributed by atoms with Crippen molar-refractivity contribution in [3.8, 4) is 0 Å². The molecule has 0 fully saturated rings. The maximum atomic E-state index is 2.32. The van der Waals surface area contributed by atoms with E-state index < -0.39 is 0 Å². The largest absolute Gasteiger partial charge is 1.00 e. The Morgan fingerprint density at radius 1 is 0.286 bits per heavy atom. The van der Waals surface area contributed by atoms with Crippen LogP contribution in [0.25, 0.3) is 0 Å². The Hall–Kier alpha value is -1.50. The van der Waals surface area contributed by atoms with Gasteiger partial charge in [0.05, 0.1) is 0 Å². The monoisotopic (exact) mass is 642 g/mol. The Bertz CT molecular complexity index is 839. The van der Waals surface area contributed by atoms with E-state index in [1.54, 1.807) is 0 Å². The van der Waals surface area contributed by atoms with Gasteiger partial charge in [-0.05, 0) is 119 Å². The number of hydrogen-bond donors (Lipinski definition) is 0. The second-order valence-electron chi connectivity index (χ2n) is 11.3. The lowest BCUT2D eigenvalue weighted by Gasteiger charge is -2.14. The summed E-state index contributed by atoms with van der Waals surface area (Å²) in [4.78, 5) is 4.52. The van der Waals surface area contributed by atoms with Gasteiger partial charge in [0.15, 0.2) is 14.7 Å². The molecule has 240 valence electrons. The molecule has 0 N–H and O–H groups in total. The molecular weight excluding hydrogens is 586 g/mol. The molecule has 42 heavy (non-hydrogen) atoms. The van der Waals surface area contributed by atoms with Crippen LogP contribution in [0.3, 0.4) is 0 Å². The van der Waals surface area contributed by atoms with Gasteiger partial charge in [-0.3, -0.25) is 0 Å². The second-order valence-corrected chi connectivity index (χ2v) is 20.6. The van der Waals surface area contributed by atoms with Gasteiger partial charge >= 0.3 is 0 Å². The van der Waals surface area contributed by atoms with Crippen LogP contribution in [0.15, 0.2) is 106 Å². The van der Waals surface area contributed by atoms with Crippen molar-refractivity contribution in [2.24, 2.45) is 0 Å². The molecular formula is C36H57F3S3. The molecule has 0 heterocycles. The summed E-state index contributed by atoms with van der Waals surface area (Å²) in [6.45, 7) is 27.8. The highest BCUT2D eigenvalue weighted by Crippen LogP contribution is 2.24. The average Bonchev–Trinajstić information content (AvgIpc) is 2.85. The van der Waals surface area contributed by atoms with Gasteiger partial charge in [0.25, 0.3) is 0 Å². The van der Waals surface area contributed by atoms with Crippen LogP contribution >= 0.6 is 0 Å². The molecule has 0 amide bonds. The third-order valence-electron chi connectivity index (χ3n) is 6.09. The van der Waals surface area contributed by atoms with E-state index in [2.05, 4.69) is 174 Å². The van der Waals surface area contributed by atoms with Crippen LogP contribution in [-0.4, -0.2) is 31.5 Å². The third kappa shape index (κ3) is 15.8. The van der Waals surface area contributed by atoms with E-state index in [9.17, 15) is 0 Å². The van der Waals surface area contributed by atoms with Crippen LogP contribution in [0.1, 0.15) is 83.1 Å². The van der Waals surface area contributed by atoms with Crippen LogP contribution in [0.5, 0.6) is 0 Å². The van der Waals surface area contributed by atoms with E-state index in [-0.39, 0.29) is 14.1 Å². The van der Waals surface area contributed by atoms with E-state index in [0.717, 1.165) is 31.5 Å². The molecule has 0 aliphatic heterocycles. The SMILES string of the molecule is CC(C)[S+](c1ccccc1)C(C)C.CC(C)[S+](c1ccccc1)C(C)C.CC(C)[S+](c1ccccc1)C(C)C.[F-].[F-].[F-]. The minimum absolute atomic E-state index is 0. The highest BCUT2D eigenvalue weighted by atomic mass is 32.2. The second kappa shape index (κ2) is 23.9. The molecule has 0 saturated carbocycles. The summed E-state index contributed by atoms with van der Waals surface area (Å²) in [7, 11) is 1.23. The Morgan fingerprint density at radius 2 is 0.429 bits per heavy atom. The summed E-state index contributed by atoms with van der Waals surface area (Å²) in [5, 5.41) is 4.51. The van der Waals surface area contributed by atoms with Crippen molar-refractivity contribution in [2.75, 3.05) is 0 Å². The van der Waals surface area contributed by atoms with E-state index in [1.165, 1.54) is 14.7 Å². The highest BCUT2D eigenvalue weighted by Gasteiger charge is 2.30. The van der Waals surface area contributed by atoms with E-state index >= 15 is 0 Å². The van der Waals surface area contributed by atoms with E-state index in [0.29, 0.717) is 32.7 Å². The molecule has 0 aliphatic rings.